The molecule has 3 heterocycles. The normalized spacial score (nSPS) is 10.8. The van der Waals surface area contributed by atoms with E-state index in [2.05, 4.69) is 25.4 Å². The van der Waals surface area contributed by atoms with Gasteiger partial charge in [0.2, 0.25) is 17.6 Å². The first-order chi connectivity index (χ1) is 12.7. The lowest BCUT2D eigenvalue weighted by molar-refractivity contribution is -0.121. The number of nitrogens with one attached hydrogen (secondary N) is 1. The van der Waals surface area contributed by atoms with Crippen LogP contribution in [0.1, 0.15) is 30.8 Å². The number of thiazole rings is 1. The van der Waals surface area contributed by atoms with Crippen LogP contribution in [0.25, 0.3) is 11.4 Å². The first-order valence-electron chi connectivity index (χ1n) is 8.40. The number of hydrogen-bond donors (Lipinski definition) is 2. The number of carbonyl (C=O) groups excluding carboxylic acids is 1. The van der Waals surface area contributed by atoms with Crippen LogP contribution in [-0.4, -0.2) is 32.6 Å². The van der Waals surface area contributed by atoms with Crippen molar-refractivity contribution < 1.29 is 9.32 Å². The summed E-state index contributed by atoms with van der Waals surface area (Å²) in [6.45, 7) is 0.627. The van der Waals surface area contributed by atoms with E-state index in [4.69, 9.17) is 10.3 Å². The van der Waals surface area contributed by atoms with Gasteiger partial charge in [0.25, 0.3) is 0 Å². The van der Waals surface area contributed by atoms with E-state index in [0.29, 0.717) is 42.7 Å². The molecule has 26 heavy (non-hydrogen) atoms. The number of aryl methyl sites for hydroxylation is 2. The van der Waals surface area contributed by atoms with Crippen molar-refractivity contribution in [2.24, 2.45) is 0 Å². The second kappa shape index (κ2) is 9.04. The maximum atomic E-state index is 11.9. The van der Waals surface area contributed by atoms with E-state index in [-0.39, 0.29) is 5.91 Å². The average molecular weight is 372 g/mol. The molecule has 0 aliphatic carbocycles. The standard InChI is InChI=1S/C17H20N6O2S/c18-17-21-13(11-26-17)5-3-9-20-14(24)6-1-7-15-22-16(23-25-15)12-4-2-8-19-10-12/h2,4,8,10-11H,1,3,5-7,9H2,(H2,18,21)(H,20,24). The molecule has 0 fully saturated rings. The van der Waals surface area contributed by atoms with Gasteiger partial charge in [0.15, 0.2) is 5.13 Å². The van der Waals surface area contributed by atoms with Gasteiger partial charge >= 0.3 is 0 Å². The fourth-order valence-corrected chi connectivity index (χ4v) is 2.99. The molecule has 0 aliphatic heterocycles. The summed E-state index contributed by atoms with van der Waals surface area (Å²) in [5.41, 5.74) is 7.37. The van der Waals surface area contributed by atoms with Gasteiger partial charge in [-0.15, -0.1) is 11.3 Å². The molecule has 3 N–H and O–H groups in total. The van der Waals surface area contributed by atoms with Crippen molar-refractivity contribution in [2.75, 3.05) is 12.3 Å². The molecular formula is C17H20N6O2S. The van der Waals surface area contributed by atoms with Gasteiger partial charge in [-0.2, -0.15) is 4.98 Å². The first kappa shape index (κ1) is 18.0. The zero-order valence-electron chi connectivity index (χ0n) is 14.2. The predicted molar refractivity (Wildman–Crippen MR) is 98.3 cm³/mol. The Morgan fingerprint density at radius 2 is 2.19 bits per heavy atom. The largest absolute Gasteiger partial charge is 0.375 e. The van der Waals surface area contributed by atoms with E-state index in [1.54, 1.807) is 12.4 Å². The van der Waals surface area contributed by atoms with Gasteiger partial charge in [-0.25, -0.2) is 4.98 Å². The van der Waals surface area contributed by atoms with Crippen LogP contribution in [0.5, 0.6) is 0 Å². The molecule has 0 spiro atoms. The van der Waals surface area contributed by atoms with E-state index in [0.717, 1.165) is 24.1 Å². The van der Waals surface area contributed by atoms with E-state index in [1.165, 1.54) is 11.3 Å². The Balaban J connectivity index is 1.32. The molecule has 0 unspecified atom stereocenters. The predicted octanol–water partition coefficient (Wildman–Crippen LogP) is 2.24. The lowest BCUT2D eigenvalue weighted by Gasteiger charge is -2.03. The number of carbonyl (C=O) groups is 1. The molecule has 0 bridgehead atoms. The number of amides is 1. The summed E-state index contributed by atoms with van der Waals surface area (Å²) in [6.07, 6.45) is 6.67. The highest BCUT2D eigenvalue weighted by molar-refractivity contribution is 7.13. The van der Waals surface area contributed by atoms with Crippen LogP contribution in [0, 0.1) is 0 Å². The Hall–Kier alpha value is -2.81. The minimum atomic E-state index is 0.0230. The van der Waals surface area contributed by atoms with Crippen LogP contribution >= 0.6 is 11.3 Å². The molecule has 0 saturated carbocycles. The molecule has 9 heteroatoms. The zero-order chi connectivity index (χ0) is 18.2. The molecule has 0 radical (unpaired) electrons. The number of nitrogens with two attached hydrogens (primary N) is 1. The molecule has 0 aliphatic rings. The highest BCUT2D eigenvalue weighted by Crippen LogP contribution is 2.15. The van der Waals surface area contributed by atoms with Gasteiger partial charge in [-0.3, -0.25) is 9.78 Å². The van der Waals surface area contributed by atoms with E-state index >= 15 is 0 Å². The molecule has 3 rings (SSSR count). The van der Waals surface area contributed by atoms with E-state index < -0.39 is 0 Å². The molecular weight excluding hydrogens is 352 g/mol. The second-order valence-electron chi connectivity index (χ2n) is 5.74. The first-order valence-corrected chi connectivity index (χ1v) is 9.28. The molecule has 3 aromatic heterocycles. The van der Waals surface area contributed by atoms with Crippen LogP contribution in [0.3, 0.4) is 0 Å². The Bertz CT molecular complexity index is 833. The van der Waals surface area contributed by atoms with Crippen LogP contribution < -0.4 is 11.1 Å². The Kier molecular flexibility index (Phi) is 6.26. The Morgan fingerprint density at radius 1 is 1.27 bits per heavy atom. The topological polar surface area (TPSA) is 120 Å². The smallest absolute Gasteiger partial charge is 0.226 e. The van der Waals surface area contributed by atoms with Gasteiger partial charge in [-0.05, 0) is 31.4 Å². The van der Waals surface area contributed by atoms with Crippen molar-refractivity contribution in [1.29, 1.82) is 0 Å². The summed E-state index contributed by atoms with van der Waals surface area (Å²) in [5, 5.41) is 9.37. The highest BCUT2D eigenvalue weighted by atomic mass is 32.1. The van der Waals surface area contributed by atoms with Crippen molar-refractivity contribution in [1.82, 2.24) is 25.4 Å². The van der Waals surface area contributed by atoms with Gasteiger partial charge in [0.1, 0.15) is 0 Å². The van der Waals surface area contributed by atoms with Gasteiger partial charge < -0.3 is 15.6 Å². The SMILES string of the molecule is Nc1nc(CCCNC(=O)CCCc2nc(-c3cccnc3)no2)cs1. The van der Waals surface area contributed by atoms with Gasteiger partial charge in [0, 0.05) is 42.7 Å². The minimum Gasteiger partial charge on any atom is -0.375 e. The Morgan fingerprint density at radius 3 is 2.96 bits per heavy atom. The lowest BCUT2D eigenvalue weighted by atomic mass is 10.2. The van der Waals surface area contributed by atoms with Gasteiger partial charge in [0.05, 0.1) is 5.69 Å². The summed E-state index contributed by atoms with van der Waals surface area (Å²) in [4.78, 5) is 24.4. The molecule has 0 atom stereocenters. The molecule has 3 aromatic rings. The van der Waals surface area contributed by atoms with Crippen molar-refractivity contribution in [3.05, 3.63) is 41.5 Å². The fraction of sp³-hybridized carbons (Fsp3) is 0.353. The Labute approximate surface area is 154 Å². The molecule has 8 nitrogen and oxygen atoms in total. The maximum Gasteiger partial charge on any atom is 0.226 e. The van der Waals surface area contributed by atoms with E-state index in [1.807, 2.05) is 17.5 Å². The number of hydrogen-bond acceptors (Lipinski definition) is 8. The monoisotopic (exact) mass is 372 g/mol. The third kappa shape index (κ3) is 5.35. The third-order valence-corrected chi connectivity index (χ3v) is 4.41. The third-order valence-electron chi connectivity index (χ3n) is 3.68. The summed E-state index contributed by atoms with van der Waals surface area (Å²) in [5.74, 6) is 1.06. The summed E-state index contributed by atoms with van der Waals surface area (Å²) in [7, 11) is 0. The minimum absolute atomic E-state index is 0.0230. The molecule has 0 saturated heterocycles. The number of pyridine rings is 1. The van der Waals surface area contributed by atoms with Crippen molar-refractivity contribution in [2.45, 2.75) is 32.1 Å². The quantitative estimate of drug-likeness (QED) is 0.553. The summed E-state index contributed by atoms with van der Waals surface area (Å²) < 4.78 is 5.21. The second-order valence-corrected chi connectivity index (χ2v) is 6.63. The number of rotatable bonds is 9. The highest BCUT2D eigenvalue weighted by Gasteiger charge is 2.09. The zero-order valence-corrected chi connectivity index (χ0v) is 15.0. The van der Waals surface area contributed by atoms with Crippen LogP contribution in [-0.2, 0) is 17.6 Å². The van der Waals surface area contributed by atoms with Crippen LogP contribution in [0.15, 0.2) is 34.4 Å². The number of aromatic nitrogens is 4. The molecule has 1 amide bonds. The number of nitrogen functional groups attached to an aromatic ring is 1. The number of nitrogens with zero attached hydrogens (tertiary/aromatic N) is 4. The summed E-state index contributed by atoms with van der Waals surface area (Å²) >= 11 is 1.43. The lowest BCUT2D eigenvalue weighted by Crippen LogP contribution is -2.24. The summed E-state index contributed by atoms with van der Waals surface area (Å²) in [6, 6.07) is 3.69. The maximum absolute atomic E-state index is 11.9. The van der Waals surface area contributed by atoms with Crippen molar-refractivity contribution in [3.8, 4) is 11.4 Å². The van der Waals surface area contributed by atoms with Crippen molar-refractivity contribution >= 4 is 22.4 Å². The van der Waals surface area contributed by atoms with Crippen molar-refractivity contribution in [3.63, 3.8) is 0 Å². The average Bonchev–Trinajstić information content (AvgIpc) is 3.29. The molecule has 136 valence electrons. The van der Waals surface area contributed by atoms with E-state index in [9.17, 15) is 4.79 Å². The van der Waals surface area contributed by atoms with Gasteiger partial charge in [-0.1, -0.05) is 5.16 Å². The number of anilines is 1. The fourth-order valence-electron chi connectivity index (χ4n) is 2.39. The molecule has 0 aromatic carbocycles. The van der Waals surface area contributed by atoms with Crippen LogP contribution in [0.4, 0.5) is 5.13 Å². The van der Waals surface area contributed by atoms with Crippen LogP contribution in [0.2, 0.25) is 0 Å².